The number of nitrogens with one attached hydrogen (secondary N) is 1. The minimum atomic E-state index is -0.331. The second-order valence-electron chi connectivity index (χ2n) is 3.71. The van der Waals surface area contributed by atoms with Crippen LogP contribution in [-0.4, -0.2) is 0 Å². The van der Waals surface area contributed by atoms with E-state index in [0.29, 0.717) is 21.2 Å². The molecule has 0 aliphatic carbocycles. The van der Waals surface area contributed by atoms with E-state index in [0.717, 1.165) is 5.56 Å². The average molecular weight is 377 g/mol. The molecule has 0 saturated heterocycles. The zero-order valence-corrected chi connectivity index (χ0v) is 12.4. The van der Waals surface area contributed by atoms with Gasteiger partial charge in [-0.15, -0.1) is 0 Å². The Kier molecular flexibility index (Phi) is 4.35. The number of rotatable bonds is 3. The van der Waals surface area contributed by atoms with Crippen molar-refractivity contribution in [2.24, 2.45) is 0 Å². The van der Waals surface area contributed by atoms with Gasteiger partial charge in [-0.05, 0) is 35.9 Å². The molecule has 0 heterocycles. The largest absolute Gasteiger partial charge is 0.379 e. The number of halogens is 4. The number of anilines is 1. The van der Waals surface area contributed by atoms with E-state index >= 15 is 0 Å². The van der Waals surface area contributed by atoms with Gasteiger partial charge in [-0.1, -0.05) is 37.9 Å². The summed E-state index contributed by atoms with van der Waals surface area (Å²) in [6, 6.07) is 9.21. The minimum Gasteiger partial charge on any atom is -0.379 e. The molecule has 0 aromatic heterocycles. The summed E-state index contributed by atoms with van der Waals surface area (Å²) in [4.78, 5) is 0. The average Bonchev–Trinajstić information content (AvgIpc) is 2.30. The molecule has 0 atom stereocenters. The van der Waals surface area contributed by atoms with Crippen molar-refractivity contribution in [1.82, 2.24) is 0 Å². The molecule has 5 heteroatoms. The summed E-state index contributed by atoms with van der Waals surface area (Å²) < 4.78 is 27.8. The van der Waals surface area contributed by atoms with Crippen molar-refractivity contribution in [1.29, 1.82) is 0 Å². The molecule has 94 valence electrons. The minimum absolute atomic E-state index is 0.305. The second-order valence-corrected chi connectivity index (χ2v) is 5.48. The molecular weight excluding hydrogens is 368 g/mol. The molecule has 0 aliphatic rings. The van der Waals surface area contributed by atoms with Gasteiger partial charge in [-0.3, -0.25) is 0 Å². The van der Waals surface area contributed by atoms with Crippen LogP contribution in [0.4, 0.5) is 14.5 Å². The topological polar surface area (TPSA) is 12.0 Å². The maximum atomic E-state index is 13.6. The van der Waals surface area contributed by atoms with E-state index in [2.05, 4.69) is 37.2 Å². The SMILES string of the molecule is Fc1ccc(CNc2ccc(Br)cc2F)c(Br)c1. The van der Waals surface area contributed by atoms with E-state index < -0.39 is 0 Å². The van der Waals surface area contributed by atoms with Gasteiger partial charge in [0.05, 0.1) is 5.69 Å². The second kappa shape index (κ2) is 5.80. The third-order valence-corrected chi connectivity index (χ3v) is 3.65. The summed E-state index contributed by atoms with van der Waals surface area (Å²) in [6.45, 7) is 0.416. The quantitative estimate of drug-likeness (QED) is 0.785. The normalized spacial score (nSPS) is 10.4. The number of hydrogen-bond acceptors (Lipinski definition) is 1. The summed E-state index contributed by atoms with van der Waals surface area (Å²) in [5, 5.41) is 2.97. The first-order chi connectivity index (χ1) is 8.56. The molecular formula is C13H9Br2F2N. The third kappa shape index (κ3) is 3.29. The molecule has 0 aliphatic heterocycles. The lowest BCUT2D eigenvalue weighted by atomic mass is 10.2. The van der Waals surface area contributed by atoms with Crippen molar-refractivity contribution in [2.75, 3.05) is 5.32 Å². The maximum absolute atomic E-state index is 13.6. The molecule has 2 rings (SSSR count). The van der Waals surface area contributed by atoms with Crippen LogP contribution in [-0.2, 0) is 6.54 Å². The summed E-state index contributed by atoms with van der Waals surface area (Å²) in [7, 11) is 0. The lowest BCUT2D eigenvalue weighted by Gasteiger charge is -2.09. The molecule has 0 unspecified atom stereocenters. The zero-order valence-electron chi connectivity index (χ0n) is 9.18. The Hall–Kier alpha value is -0.940. The molecule has 18 heavy (non-hydrogen) atoms. The van der Waals surface area contributed by atoms with Crippen LogP contribution in [0.3, 0.4) is 0 Å². The van der Waals surface area contributed by atoms with Crippen molar-refractivity contribution < 1.29 is 8.78 Å². The first kappa shape index (κ1) is 13.5. The summed E-state index contributed by atoms with van der Waals surface area (Å²) >= 11 is 6.46. The molecule has 0 fully saturated rings. The van der Waals surface area contributed by atoms with Gasteiger partial charge in [0.25, 0.3) is 0 Å². The molecule has 2 aromatic rings. The lowest BCUT2D eigenvalue weighted by Crippen LogP contribution is -2.02. The van der Waals surface area contributed by atoms with E-state index in [4.69, 9.17) is 0 Å². The van der Waals surface area contributed by atoms with Gasteiger partial charge in [0.15, 0.2) is 0 Å². The Bertz CT molecular complexity index is 521. The summed E-state index contributed by atoms with van der Waals surface area (Å²) in [6.07, 6.45) is 0. The Morgan fingerprint density at radius 2 is 1.78 bits per heavy atom. The molecule has 1 nitrogen and oxygen atoms in total. The van der Waals surface area contributed by atoms with E-state index in [-0.39, 0.29) is 11.6 Å². The van der Waals surface area contributed by atoms with Crippen molar-refractivity contribution in [3.05, 3.63) is 62.5 Å². The van der Waals surface area contributed by atoms with Gasteiger partial charge in [-0.2, -0.15) is 0 Å². The molecule has 0 radical (unpaired) electrons. The Labute approximate surface area is 120 Å². The van der Waals surface area contributed by atoms with E-state index in [1.807, 2.05) is 0 Å². The van der Waals surface area contributed by atoms with Crippen LogP contribution in [0.15, 0.2) is 45.3 Å². The van der Waals surface area contributed by atoms with Crippen LogP contribution in [0.5, 0.6) is 0 Å². The van der Waals surface area contributed by atoms with Crippen LogP contribution < -0.4 is 5.32 Å². The highest BCUT2D eigenvalue weighted by atomic mass is 79.9. The Morgan fingerprint density at radius 1 is 1.00 bits per heavy atom. The fourth-order valence-corrected chi connectivity index (χ4v) is 2.31. The zero-order chi connectivity index (χ0) is 13.1. The third-order valence-electron chi connectivity index (χ3n) is 2.42. The van der Waals surface area contributed by atoms with Gasteiger partial charge in [0.1, 0.15) is 11.6 Å². The Balaban J connectivity index is 2.11. The van der Waals surface area contributed by atoms with Crippen LogP contribution >= 0.6 is 31.9 Å². The van der Waals surface area contributed by atoms with Crippen LogP contribution in [0.25, 0.3) is 0 Å². The van der Waals surface area contributed by atoms with Gasteiger partial charge in [0.2, 0.25) is 0 Å². The predicted octanol–water partition coefficient (Wildman–Crippen LogP) is 5.10. The molecule has 0 saturated carbocycles. The molecule has 1 N–H and O–H groups in total. The van der Waals surface area contributed by atoms with Crippen LogP contribution in [0, 0.1) is 11.6 Å². The highest BCUT2D eigenvalue weighted by Crippen LogP contribution is 2.22. The van der Waals surface area contributed by atoms with Gasteiger partial charge in [0, 0.05) is 15.5 Å². The highest BCUT2D eigenvalue weighted by Gasteiger charge is 2.05. The molecule has 0 bridgehead atoms. The summed E-state index contributed by atoms with van der Waals surface area (Å²) in [5.41, 5.74) is 1.27. The lowest BCUT2D eigenvalue weighted by molar-refractivity contribution is 0.625. The van der Waals surface area contributed by atoms with E-state index in [1.54, 1.807) is 18.2 Å². The molecule has 0 spiro atoms. The fraction of sp³-hybridized carbons (Fsp3) is 0.0769. The van der Waals surface area contributed by atoms with Crippen LogP contribution in [0.1, 0.15) is 5.56 Å². The van der Waals surface area contributed by atoms with Gasteiger partial charge >= 0.3 is 0 Å². The first-order valence-electron chi connectivity index (χ1n) is 5.19. The van der Waals surface area contributed by atoms with Crippen molar-refractivity contribution >= 4 is 37.5 Å². The number of hydrogen-bond donors (Lipinski definition) is 1. The number of benzene rings is 2. The van der Waals surface area contributed by atoms with Crippen molar-refractivity contribution in [3.8, 4) is 0 Å². The molecule has 0 amide bonds. The smallest absolute Gasteiger partial charge is 0.147 e. The molecule has 2 aromatic carbocycles. The van der Waals surface area contributed by atoms with Crippen LogP contribution in [0.2, 0.25) is 0 Å². The van der Waals surface area contributed by atoms with Crippen molar-refractivity contribution in [3.63, 3.8) is 0 Å². The first-order valence-corrected chi connectivity index (χ1v) is 6.78. The fourth-order valence-electron chi connectivity index (χ4n) is 1.49. The predicted molar refractivity (Wildman–Crippen MR) is 75.5 cm³/mol. The monoisotopic (exact) mass is 375 g/mol. The maximum Gasteiger partial charge on any atom is 0.147 e. The highest BCUT2D eigenvalue weighted by molar-refractivity contribution is 9.10. The van der Waals surface area contributed by atoms with Crippen molar-refractivity contribution in [2.45, 2.75) is 6.54 Å². The summed E-state index contributed by atoms with van der Waals surface area (Å²) in [5.74, 6) is -0.636. The van der Waals surface area contributed by atoms with Gasteiger partial charge in [-0.25, -0.2) is 8.78 Å². The Morgan fingerprint density at radius 3 is 2.44 bits per heavy atom. The standard InChI is InChI=1S/C13H9Br2F2N/c14-9-2-4-13(12(17)5-9)18-7-8-1-3-10(16)6-11(8)15/h1-6,18H,7H2. The van der Waals surface area contributed by atoms with E-state index in [9.17, 15) is 8.78 Å². The van der Waals surface area contributed by atoms with Gasteiger partial charge < -0.3 is 5.32 Å². The van der Waals surface area contributed by atoms with E-state index in [1.165, 1.54) is 18.2 Å².